The molecule has 2 N–H and O–H groups in total. The number of furan rings is 1. The molecule has 3 heterocycles. The molecule has 0 bridgehead atoms. The highest BCUT2D eigenvalue weighted by Gasteiger charge is 2.22. The highest BCUT2D eigenvalue weighted by atomic mass is 79.9. The van der Waals surface area contributed by atoms with Crippen LogP contribution in [0.2, 0.25) is 0 Å². The third kappa shape index (κ3) is 3.99. The van der Waals surface area contributed by atoms with E-state index in [0.29, 0.717) is 44.5 Å². The van der Waals surface area contributed by atoms with Gasteiger partial charge in [0.05, 0.1) is 20.1 Å². The fourth-order valence-corrected chi connectivity index (χ4v) is 3.42. The number of nitrogens with zero attached hydrogens (tertiary/aromatic N) is 2. The van der Waals surface area contributed by atoms with Crippen LogP contribution in [0.4, 0.5) is 0 Å². The van der Waals surface area contributed by atoms with Gasteiger partial charge in [0.15, 0.2) is 0 Å². The first kappa shape index (κ1) is 19.9. The van der Waals surface area contributed by atoms with Crippen molar-refractivity contribution in [1.29, 1.82) is 0 Å². The molecule has 0 spiro atoms. The van der Waals surface area contributed by atoms with Gasteiger partial charge in [-0.3, -0.25) is 9.89 Å². The van der Waals surface area contributed by atoms with E-state index >= 15 is 0 Å². The fourth-order valence-electron chi connectivity index (χ4n) is 3.12. The monoisotopic (exact) mass is 472 g/mol. The van der Waals surface area contributed by atoms with Gasteiger partial charge in [0.1, 0.15) is 34.1 Å². The second-order valence-corrected chi connectivity index (χ2v) is 7.24. The Hall–Kier alpha value is -3.40. The van der Waals surface area contributed by atoms with Crippen molar-refractivity contribution in [2.75, 3.05) is 7.11 Å². The van der Waals surface area contributed by atoms with Gasteiger partial charge in [-0.05, 0) is 47.1 Å². The van der Waals surface area contributed by atoms with E-state index < -0.39 is 5.63 Å². The minimum atomic E-state index is -0.546. The van der Waals surface area contributed by atoms with Crippen molar-refractivity contribution in [1.82, 2.24) is 20.5 Å². The first-order valence-electron chi connectivity index (χ1n) is 8.98. The molecule has 1 aromatic carbocycles. The van der Waals surface area contributed by atoms with Gasteiger partial charge in [-0.2, -0.15) is 0 Å². The zero-order valence-electron chi connectivity index (χ0n) is 16.1. The maximum atomic E-state index is 12.6. The first-order valence-corrected chi connectivity index (χ1v) is 9.78. The molecule has 0 fully saturated rings. The number of halogens is 1. The largest absolute Gasteiger partial charge is 0.497 e. The highest BCUT2D eigenvalue weighted by Crippen LogP contribution is 2.33. The predicted octanol–water partition coefficient (Wildman–Crippen LogP) is 3.11. The van der Waals surface area contributed by atoms with Gasteiger partial charge in [0.25, 0.3) is 0 Å². The second kappa shape index (κ2) is 8.15. The molecule has 0 saturated carbocycles. The number of aromatic nitrogens is 3. The molecule has 0 unspecified atom stereocenters. The van der Waals surface area contributed by atoms with Crippen LogP contribution in [0.5, 0.6) is 5.75 Å². The minimum absolute atomic E-state index is 0.0719. The fraction of sp³-hybridized carbons (Fsp3) is 0.200. The summed E-state index contributed by atoms with van der Waals surface area (Å²) < 4.78 is 16.8. The lowest BCUT2D eigenvalue weighted by Crippen LogP contribution is -2.25. The number of H-pyrrole nitrogens is 1. The number of benzene rings is 1. The van der Waals surface area contributed by atoms with Gasteiger partial charge in [0, 0.05) is 17.2 Å². The number of carbonyl (C=O) groups excluding carboxylic acids is 1. The van der Waals surface area contributed by atoms with Gasteiger partial charge >= 0.3 is 5.63 Å². The Morgan fingerprint density at radius 1 is 1.27 bits per heavy atom. The van der Waals surface area contributed by atoms with Gasteiger partial charge in [0.2, 0.25) is 10.6 Å². The third-order valence-corrected chi connectivity index (χ3v) is 4.83. The summed E-state index contributed by atoms with van der Waals surface area (Å²) in [7, 11) is 1.58. The van der Waals surface area contributed by atoms with Crippen LogP contribution in [0.25, 0.3) is 22.3 Å². The molecule has 0 aliphatic heterocycles. The van der Waals surface area contributed by atoms with Crippen LogP contribution >= 0.6 is 15.9 Å². The number of amides is 1. The average molecular weight is 473 g/mol. The van der Waals surface area contributed by atoms with Gasteiger partial charge in [-0.25, -0.2) is 9.78 Å². The molecule has 154 valence electrons. The average Bonchev–Trinajstić information content (AvgIpc) is 3.30. The summed E-state index contributed by atoms with van der Waals surface area (Å²) in [5, 5.41) is 9.55. The quantitative estimate of drug-likeness (QED) is 0.441. The maximum Gasteiger partial charge on any atom is 0.347 e. The molecule has 9 nitrogen and oxygen atoms in total. The van der Waals surface area contributed by atoms with E-state index in [1.807, 2.05) is 0 Å². The molecule has 1 amide bonds. The van der Waals surface area contributed by atoms with Crippen molar-refractivity contribution < 1.29 is 18.4 Å². The van der Waals surface area contributed by atoms with Crippen molar-refractivity contribution in [3.63, 3.8) is 0 Å². The number of rotatable bonds is 6. The molecule has 30 heavy (non-hydrogen) atoms. The van der Waals surface area contributed by atoms with E-state index in [4.69, 9.17) is 13.6 Å². The SMILES string of the molecule is COc1ccc(-c2oc3cc(C)oc(=O)c3c2CC(=O)NCc2nc(Br)n[nH]2)cc1. The van der Waals surface area contributed by atoms with Crippen LogP contribution in [0.15, 0.2) is 48.7 Å². The van der Waals surface area contributed by atoms with Crippen LogP contribution in [-0.2, 0) is 17.8 Å². The number of carbonyl (C=O) groups is 1. The number of methoxy groups -OCH3 is 1. The van der Waals surface area contributed by atoms with Crippen molar-refractivity contribution in [3.05, 3.63) is 62.6 Å². The van der Waals surface area contributed by atoms with E-state index in [1.165, 1.54) is 0 Å². The summed E-state index contributed by atoms with van der Waals surface area (Å²) in [5.41, 5.74) is 0.998. The number of hydrogen-bond acceptors (Lipinski definition) is 7. The Bertz CT molecular complexity index is 1270. The van der Waals surface area contributed by atoms with Gasteiger partial charge in [-0.1, -0.05) is 0 Å². The Morgan fingerprint density at radius 2 is 2.03 bits per heavy atom. The number of aromatic amines is 1. The molecule has 3 aromatic heterocycles. The molecule has 0 aliphatic carbocycles. The molecular formula is C20H17BrN4O5. The summed E-state index contributed by atoms with van der Waals surface area (Å²) in [6.07, 6.45) is -0.0719. The number of hydrogen-bond donors (Lipinski definition) is 2. The summed E-state index contributed by atoms with van der Waals surface area (Å²) in [5.74, 6) is 1.73. The van der Waals surface area contributed by atoms with E-state index in [-0.39, 0.29) is 24.3 Å². The van der Waals surface area contributed by atoms with Crippen molar-refractivity contribution >= 4 is 32.8 Å². The van der Waals surface area contributed by atoms with E-state index in [1.54, 1.807) is 44.4 Å². The van der Waals surface area contributed by atoms with Crippen LogP contribution in [0.3, 0.4) is 0 Å². The van der Waals surface area contributed by atoms with Crippen molar-refractivity contribution in [2.45, 2.75) is 19.9 Å². The highest BCUT2D eigenvalue weighted by molar-refractivity contribution is 9.10. The predicted molar refractivity (Wildman–Crippen MR) is 111 cm³/mol. The number of ether oxygens (including phenoxy) is 1. The summed E-state index contributed by atoms with van der Waals surface area (Å²) >= 11 is 3.14. The van der Waals surface area contributed by atoms with Crippen molar-refractivity contribution in [2.24, 2.45) is 0 Å². The van der Waals surface area contributed by atoms with Crippen LogP contribution in [0, 0.1) is 6.92 Å². The van der Waals surface area contributed by atoms with E-state index in [9.17, 15) is 9.59 Å². The third-order valence-electron chi connectivity index (χ3n) is 4.47. The lowest BCUT2D eigenvalue weighted by molar-refractivity contribution is -0.120. The van der Waals surface area contributed by atoms with Crippen LogP contribution in [0.1, 0.15) is 17.1 Å². The molecule has 4 rings (SSSR count). The van der Waals surface area contributed by atoms with Crippen LogP contribution < -0.4 is 15.7 Å². The molecule has 0 atom stereocenters. The summed E-state index contributed by atoms with van der Waals surface area (Å²) in [4.78, 5) is 29.2. The van der Waals surface area contributed by atoms with Crippen molar-refractivity contribution in [3.8, 4) is 17.1 Å². The van der Waals surface area contributed by atoms with E-state index in [0.717, 1.165) is 0 Å². The second-order valence-electron chi connectivity index (χ2n) is 6.53. The normalized spacial score (nSPS) is 11.0. The number of aryl methyl sites for hydroxylation is 1. The topological polar surface area (TPSA) is 123 Å². The molecular weight excluding hydrogens is 456 g/mol. The lowest BCUT2D eigenvalue weighted by atomic mass is 10.0. The Balaban J connectivity index is 1.70. The lowest BCUT2D eigenvalue weighted by Gasteiger charge is -2.06. The van der Waals surface area contributed by atoms with E-state index in [2.05, 4.69) is 36.4 Å². The van der Waals surface area contributed by atoms with Crippen LogP contribution in [-0.4, -0.2) is 28.2 Å². The zero-order chi connectivity index (χ0) is 21.3. The minimum Gasteiger partial charge on any atom is -0.497 e. The smallest absolute Gasteiger partial charge is 0.347 e. The standard InChI is InChI=1S/C20H17BrN4O5/c1-10-7-14-17(19(27)29-10)13(8-16(26)22-9-15-23-20(21)25-24-15)18(30-14)11-3-5-12(28-2)6-4-11/h3-7H,8-9H2,1-2H3,(H,22,26)(H,23,24,25). The maximum absolute atomic E-state index is 12.6. The number of fused-ring (bicyclic) bond motifs is 1. The Labute approximate surface area is 178 Å². The molecule has 0 aliphatic rings. The Kier molecular flexibility index (Phi) is 5.40. The Morgan fingerprint density at radius 3 is 2.70 bits per heavy atom. The zero-order valence-corrected chi connectivity index (χ0v) is 17.7. The van der Waals surface area contributed by atoms with Gasteiger partial charge < -0.3 is 18.9 Å². The molecule has 10 heteroatoms. The molecule has 0 saturated heterocycles. The van der Waals surface area contributed by atoms with Gasteiger partial charge in [-0.15, -0.1) is 5.10 Å². The number of nitrogens with one attached hydrogen (secondary N) is 2. The summed E-state index contributed by atoms with van der Waals surface area (Å²) in [6, 6.07) is 8.80. The summed E-state index contributed by atoms with van der Waals surface area (Å²) in [6.45, 7) is 1.83. The molecule has 0 radical (unpaired) electrons. The first-order chi connectivity index (χ1) is 14.4. The molecule has 4 aromatic rings.